The van der Waals surface area contributed by atoms with E-state index in [0.717, 1.165) is 5.56 Å². The topological polar surface area (TPSA) is 33.1 Å². The maximum Gasteiger partial charge on any atom is 0.0763 e. The molecule has 0 radical (unpaired) electrons. The lowest BCUT2D eigenvalue weighted by molar-refractivity contribution is 0.199. The Labute approximate surface area is 54.2 Å². The van der Waals surface area contributed by atoms with Crippen molar-refractivity contribution in [1.82, 2.24) is 4.98 Å². The molecule has 0 spiro atoms. The highest BCUT2D eigenvalue weighted by atomic mass is 16.3. The van der Waals surface area contributed by atoms with E-state index in [4.69, 9.17) is 5.11 Å². The van der Waals surface area contributed by atoms with Crippen molar-refractivity contribution in [2.45, 2.75) is 13.0 Å². The van der Waals surface area contributed by atoms with Crippen molar-refractivity contribution >= 4 is 0 Å². The van der Waals surface area contributed by atoms with E-state index in [1.807, 2.05) is 0 Å². The number of hydrogen-bond acceptors (Lipinski definition) is 2. The van der Waals surface area contributed by atoms with Crippen LogP contribution in [0.1, 0.15) is 18.6 Å². The fourth-order valence-corrected chi connectivity index (χ4v) is 0.642. The molecular weight excluding hydrogens is 114 g/mol. The van der Waals surface area contributed by atoms with Crippen molar-refractivity contribution < 1.29 is 5.11 Å². The van der Waals surface area contributed by atoms with Gasteiger partial charge in [-0.1, -0.05) is 0 Å². The number of aliphatic hydroxyl groups is 1. The molecule has 0 amide bonds. The number of hydrogen-bond donors (Lipinski definition) is 1. The van der Waals surface area contributed by atoms with Crippen molar-refractivity contribution in [2.75, 3.05) is 0 Å². The second-order valence-electron chi connectivity index (χ2n) is 1.96. The largest absolute Gasteiger partial charge is 0.389 e. The third-order valence-corrected chi connectivity index (χ3v) is 1.19. The zero-order chi connectivity index (χ0) is 6.69. The molecule has 1 aromatic rings. The highest BCUT2D eigenvalue weighted by Crippen LogP contribution is 2.07. The number of nitrogens with zero attached hydrogens (tertiary/aromatic N) is 1. The summed E-state index contributed by atoms with van der Waals surface area (Å²) in [5.41, 5.74) is 0.907. The lowest BCUT2D eigenvalue weighted by Crippen LogP contribution is -1.89. The van der Waals surface area contributed by atoms with Crippen LogP contribution < -0.4 is 0 Å². The molecule has 1 atom stereocenters. The summed E-state index contributed by atoms with van der Waals surface area (Å²) in [7, 11) is 0. The van der Waals surface area contributed by atoms with Crippen molar-refractivity contribution in [3.63, 3.8) is 0 Å². The number of aliphatic hydroxyl groups excluding tert-OH is 1. The van der Waals surface area contributed by atoms with Gasteiger partial charge in [-0.25, -0.2) is 0 Å². The van der Waals surface area contributed by atoms with Gasteiger partial charge < -0.3 is 5.11 Å². The minimum Gasteiger partial charge on any atom is -0.389 e. The fourth-order valence-electron chi connectivity index (χ4n) is 0.642. The monoisotopic (exact) mass is 123 g/mol. The highest BCUT2D eigenvalue weighted by molar-refractivity contribution is 5.11. The van der Waals surface area contributed by atoms with Gasteiger partial charge in [-0.2, -0.15) is 0 Å². The quantitative estimate of drug-likeness (QED) is 0.607. The molecule has 0 aliphatic rings. The fraction of sp³-hybridized carbons (Fsp3) is 0.286. The molecule has 2 heteroatoms. The van der Waals surface area contributed by atoms with Crippen LogP contribution >= 0.6 is 0 Å². The van der Waals surface area contributed by atoms with E-state index in [0.29, 0.717) is 0 Å². The maximum absolute atomic E-state index is 9.00. The van der Waals surface area contributed by atoms with Crippen LogP contribution in [-0.2, 0) is 0 Å². The summed E-state index contributed by atoms with van der Waals surface area (Å²) in [6.07, 6.45) is 2.96. The predicted molar refractivity (Wildman–Crippen MR) is 34.9 cm³/mol. The Bertz CT molecular complexity index is 172. The van der Waals surface area contributed by atoms with Crippen molar-refractivity contribution in [1.29, 1.82) is 0 Å². The Morgan fingerprint density at radius 1 is 1.44 bits per heavy atom. The van der Waals surface area contributed by atoms with Gasteiger partial charge in [0, 0.05) is 12.4 Å². The molecule has 1 heterocycles. The van der Waals surface area contributed by atoms with Gasteiger partial charge in [0.25, 0.3) is 0 Å². The van der Waals surface area contributed by atoms with Crippen LogP contribution in [0.2, 0.25) is 0 Å². The first kappa shape index (κ1) is 6.23. The molecule has 1 aromatic heterocycles. The zero-order valence-corrected chi connectivity index (χ0v) is 5.28. The molecule has 0 aliphatic carbocycles. The van der Waals surface area contributed by atoms with E-state index in [1.165, 1.54) is 0 Å². The van der Waals surface area contributed by atoms with Gasteiger partial charge in [0.05, 0.1) is 6.10 Å². The van der Waals surface area contributed by atoms with Crippen LogP contribution in [0.3, 0.4) is 0 Å². The molecule has 1 N–H and O–H groups in total. The van der Waals surface area contributed by atoms with E-state index in [-0.39, 0.29) is 6.10 Å². The minimum atomic E-state index is -0.381. The Morgan fingerprint density at radius 3 is 2.33 bits per heavy atom. The van der Waals surface area contributed by atoms with Crippen LogP contribution in [0, 0.1) is 0 Å². The predicted octanol–water partition coefficient (Wildman–Crippen LogP) is 1.13. The summed E-state index contributed by atoms with van der Waals surface area (Å²) >= 11 is 0. The molecule has 9 heavy (non-hydrogen) atoms. The molecule has 0 saturated carbocycles. The third-order valence-electron chi connectivity index (χ3n) is 1.19. The Morgan fingerprint density at radius 2 is 2.00 bits per heavy atom. The molecule has 48 valence electrons. The van der Waals surface area contributed by atoms with Gasteiger partial charge in [-0.15, -0.1) is 0 Å². The van der Waals surface area contributed by atoms with Crippen molar-refractivity contribution in [3.05, 3.63) is 30.1 Å². The second kappa shape index (κ2) is 2.60. The second-order valence-corrected chi connectivity index (χ2v) is 1.96. The van der Waals surface area contributed by atoms with Gasteiger partial charge in [0.2, 0.25) is 0 Å². The third kappa shape index (κ3) is 1.50. The summed E-state index contributed by atoms with van der Waals surface area (Å²) in [6.45, 7) is 1.73. The van der Waals surface area contributed by atoms with E-state index in [2.05, 4.69) is 4.98 Å². The molecular formula is C7H9NO. The average molecular weight is 123 g/mol. The van der Waals surface area contributed by atoms with Crippen LogP contribution in [0.25, 0.3) is 0 Å². The zero-order valence-electron chi connectivity index (χ0n) is 5.28. The first-order valence-electron chi connectivity index (χ1n) is 2.88. The van der Waals surface area contributed by atoms with Gasteiger partial charge in [-0.05, 0) is 24.6 Å². The first-order valence-corrected chi connectivity index (χ1v) is 2.88. The number of rotatable bonds is 1. The number of aromatic nitrogens is 1. The molecule has 0 saturated heterocycles. The smallest absolute Gasteiger partial charge is 0.0763 e. The van der Waals surface area contributed by atoms with Crippen molar-refractivity contribution in [2.24, 2.45) is 0 Å². The Kier molecular flexibility index (Phi) is 1.80. The Balaban J connectivity index is 2.85. The molecule has 1 unspecified atom stereocenters. The van der Waals surface area contributed by atoms with E-state index in [9.17, 15) is 0 Å². The van der Waals surface area contributed by atoms with Crippen molar-refractivity contribution in [3.8, 4) is 0 Å². The summed E-state index contributed by atoms with van der Waals surface area (Å²) in [6, 6.07) is 3.59. The summed E-state index contributed by atoms with van der Waals surface area (Å²) < 4.78 is 0. The molecule has 0 aromatic carbocycles. The maximum atomic E-state index is 9.00. The van der Waals surface area contributed by atoms with E-state index in [1.54, 1.807) is 31.5 Å². The van der Waals surface area contributed by atoms with E-state index < -0.39 is 0 Å². The average Bonchev–Trinajstić information content (AvgIpc) is 1.90. The molecule has 1 rings (SSSR count). The van der Waals surface area contributed by atoms with Gasteiger partial charge in [0.1, 0.15) is 0 Å². The number of pyridine rings is 1. The standard InChI is InChI=1S/C7H9NO/c1-6(9)7-2-4-8-5-3-7/h2-6,9H,1H3. The SMILES string of the molecule is CC(O)c1ccncc1. The minimum absolute atomic E-state index is 0.381. The summed E-state index contributed by atoms with van der Waals surface area (Å²) in [5, 5.41) is 9.00. The molecule has 0 fully saturated rings. The van der Waals surface area contributed by atoms with Crippen LogP contribution in [0.4, 0.5) is 0 Å². The van der Waals surface area contributed by atoms with Crippen LogP contribution in [-0.4, -0.2) is 10.1 Å². The van der Waals surface area contributed by atoms with Crippen LogP contribution in [0.5, 0.6) is 0 Å². The van der Waals surface area contributed by atoms with Gasteiger partial charge in [0.15, 0.2) is 0 Å². The molecule has 0 aliphatic heterocycles. The van der Waals surface area contributed by atoms with Crippen LogP contribution in [0.15, 0.2) is 24.5 Å². The molecule has 2 nitrogen and oxygen atoms in total. The highest BCUT2D eigenvalue weighted by Gasteiger charge is 1.95. The summed E-state index contributed by atoms with van der Waals surface area (Å²) in [4.78, 5) is 3.82. The summed E-state index contributed by atoms with van der Waals surface area (Å²) in [5.74, 6) is 0. The lowest BCUT2D eigenvalue weighted by Gasteiger charge is -2.00. The van der Waals surface area contributed by atoms with E-state index >= 15 is 0 Å². The lowest BCUT2D eigenvalue weighted by atomic mass is 10.2. The van der Waals surface area contributed by atoms with Gasteiger partial charge >= 0.3 is 0 Å². The van der Waals surface area contributed by atoms with Gasteiger partial charge in [-0.3, -0.25) is 4.98 Å². The normalized spacial score (nSPS) is 13.1. The molecule has 0 bridgehead atoms. The Hall–Kier alpha value is -0.890. The first-order chi connectivity index (χ1) is 4.30.